The van der Waals surface area contributed by atoms with E-state index < -0.39 is 33.4 Å². The number of hydrogen-bond donors (Lipinski definition) is 0. The standard InChI is InChI=1S/C14H19F3O5S/c15-14(16,17)23(18,19)22-8-12-5-9-3-10(6-12)13(11(4-9)7-12)20-1-2-21-13/h9-11H,1-8H2. The topological polar surface area (TPSA) is 61.8 Å². The number of ether oxygens (including phenoxy) is 2. The molecule has 1 spiro atoms. The van der Waals surface area contributed by atoms with Crippen molar-refractivity contribution in [3.8, 4) is 0 Å². The van der Waals surface area contributed by atoms with Gasteiger partial charge in [0.15, 0.2) is 5.79 Å². The van der Waals surface area contributed by atoms with E-state index in [1.54, 1.807) is 0 Å². The van der Waals surface area contributed by atoms with E-state index in [0.717, 1.165) is 19.3 Å². The zero-order valence-corrected chi connectivity index (χ0v) is 13.3. The fourth-order valence-electron chi connectivity index (χ4n) is 5.45. The van der Waals surface area contributed by atoms with Gasteiger partial charge in [-0.05, 0) is 43.4 Å². The molecule has 2 unspecified atom stereocenters. The Labute approximate surface area is 132 Å². The van der Waals surface area contributed by atoms with E-state index in [0.29, 0.717) is 32.0 Å². The largest absolute Gasteiger partial charge is 0.523 e. The van der Waals surface area contributed by atoms with Crippen LogP contribution in [-0.2, 0) is 23.8 Å². The van der Waals surface area contributed by atoms with Gasteiger partial charge in [-0.15, -0.1) is 0 Å². The molecule has 4 aliphatic carbocycles. The molecular weight excluding hydrogens is 337 g/mol. The van der Waals surface area contributed by atoms with Crippen LogP contribution in [0, 0.1) is 23.2 Å². The van der Waals surface area contributed by atoms with Crippen molar-refractivity contribution in [2.45, 2.75) is 43.4 Å². The molecule has 9 heteroatoms. The normalized spacial score (nSPS) is 41.8. The van der Waals surface area contributed by atoms with E-state index in [-0.39, 0.29) is 11.8 Å². The minimum atomic E-state index is -5.53. The second-order valence-electron chi connectivity index (χ2n) is 7.42. The van der Waals surface area contributed by atoms with Crippen LogP contribution < -0.4 is 0 Å². The molecular formula is C14H19F3O5S. The number of alkyl halides is 3. The summed E-state index contributed by atoms with van der Waals surface area (Å²) in [4.78, 5) is 0. The molecule has 4 bridgehead atoms. The summed E-state index contributed by atoms with van der Waals surface area (Å²) in [5, 5.41) is 0. The Kier molecular flexibility index (Phi) is 3.38. The maximum Gasteiger partial charge on any atom is 0.523 e. The molecule has 5 nitrogen and oxygen atoms in total. The molecule has 0 aromatic rings. The van der Waals surface area contributed by atoms with Gasteiger partial charge >= 0.3 is 15.6 Å². The second kappa shape index (κ2) is 4.83. The summed E-state index contributed by atoms with van der Waals surface area (Å²) in [6, 6.07) is 0. The van der Waals surface area contributed by atoms with Crippen LogP contribution >= 0.6 is 0 Å². The fourth-order valence-corrected chi connectivity index (χ4v) is 5.99. The van der Waals surface area contributed by atoms with Crippen molar-refractivity contribution in [2.75, 3.05) is 19.8 Å². The van der Waals surface area contributed by atoms with Gasteiger partial charge in [-0.2, -0.15) is 21.6 Å². The molecule has 4 saturated carbocycles. The van der Waals surface area contributed by atoms with Crippen molar-refractivity contribution < 1.29 is 35.2 Å². The highest BCUT2D eigenvalue weighted by Crippen LogP contribution is 2.65. The molecule has 0 aromatic carbocycles. The van der Waals surface area contributed by atoms with Gasteiger partial charge in [-0.1, -0.05) is 0 Å². The Morgan fingerprint density at radius 2 is 1.61 bits per heavy atom. The third kappa shape index (κ3) is 2.34. The molecule has 1 heterocycles. The van der Waals surface area contributed by atoms with Crippen molar-refractivity contribution in [2.24, 2.45) is 23.2 Å². The summed E-state index contributed by atoms with van der Waals surface area (Å²) in [7, 11) is -5.53. The smallest absolute Gasteiger partial charge is 0.347 e. The van der Waals surface area contributed by atoms with Crippen molar-refractivity contribution in [3.63, 3.8) is 0 Å². The predicted molar refractivity (Wildman–Crippen MR) is 71.5 cm³/mol. The lowest BCUT2D eigenvalue weighted by Crippen LogP contribution is -2.62. The molecule has 132 valence electrons. The van der Waals surface area contributed by atoms with E-state index >= 15 is 0 Å². The van der Waals surface area contributed by atoms with Crippen LogP contribution in [0.15, 0.2) is 0 Å². The monoisotopic (exact) mass is 356 g/mol. The van der Waals surface area contributed by atoms with Crippen LogP contribution in [0.2, 0.25) is 0 Å². The summed E-state index contributed by atoms with van der Waals surface area (Å²) < 4.78 is 76.0. The molecule has 23 heavy (non-hydrogen) atoms. The van der Waals surface area contributed by atoms with Gasteiger partial charge in [0.25, 0.3) is 0 Å². The molecule has 2 atom stereocenters. The summed E-state index contributed by atoms with van der Waals surface area (Å²) >= 11 is 0. The lowest BCUT2D eigenvalue weighted by molar-refractivity contribution is -0.305. The first-order chi connectivity index (χ1) is 10.7. The van der Waals surface area contributed by atoms with Crippen molar-refractivity contribution in [3.05, 3.63) is 0 Å². The van der Waals surface area contributed by atoms with E-state index in [1.165, 1.54) is 0 Å². The third-order valence-electron chi connectivity index (χ3n) is 6.00. The van der Waals surface area contributed by atoms with Crippen molar-refractivity contribution >= 4 is 10.1 Å². The first-order valence-electron chi connectivity index (χ1n) is 7.89. The van der Waals surface area contributed by atoms with Gasteiger partial charge in [-0.3, -0.25) is 4.18 Å². The summed E-state index contributed by atoms with van der Waals surface area (Å²) in [6.45, 7) is 0.696. The average molecular weight is 356 g/mol. The SMILES string of the molecule is O=S(=O)(OCC12CC3CC(C1)C1(OCCO1)C(C3)C2)C(F)(F)F. The zero-order valence-electron chi connectivity index (χ0n) is 12.5. The van der Waals surface area contributed by atoms with Crippen molar-refractivity contribution in [1.82, 2.24) is 0 Å². The molecule has 1 aliphatic heterocycles. The Morgan fingerprint density at radius 1 is 1.04 bits per heavy atom. The highest BCUT2D eigenvalue weighted by Gasteiger charge is 2.65. The first-order valence-corrected chi connectivity index (χ1v) is 9.30. The Bertz CT molecular complexity index is 578. The van der Waals surface area contributed by atoms with E-state index in [2.05, 4.69) is 4.18 Å². The van der Waals surface area contributed by atoms with Gasteiger partial charge in [0, 0.05) is 11.8 Å². The predicted octanol–water partition coefficient (Wildman–Crippen LogP) is 2.42. The second-order valence-corrected chi connectivity index (χ2v) is 9.03. The van der Waals surface area contributed by atoms with Crippen LogP contribution in [0.1, 0.15) is 32.1 Å². The lowest BCUT2D eigenvalue weighted by Gasteiger charge is -2.62. The molecule has 1 saturated heterocycles. The third-order valence-corrected chi connectivity index (χ3v) is 6.99. The summed E-state index contributed by atoms with van der Waals surface area (Å²) in [6.07, 6.45) is 3.80. The average Bonchev–Trinajstić information content (AvgIpc) is 2.92. The molecule has 5 fully saturated rings. The maximum absolute atomic E-state index is 12.5. The van der Waals surface area contributed by atoms with Gasteiger partial charge in [-0.25, -0.2) is 0 Å². The lowest BCUT2D eigenvalue weighted by atomic mass is 9.47. The molecule has 5 rings (SSSR count). The minimum absolute atomic E-state index is 0.119. The molecule has 5 aliphatic rings. The number of rotatable bonds is 3. The van der Waals surface area contributed by atoms with E-state index in [4.69, 9.17) is 9.47 Å². The van der Waals surface area contributed by atoms with Crippen molar-refractivity contribution in [1.29, 1.82) is 0 Å². The van der Waals surface area contributed by atoms with Crippen LogP contribution in [-0.4, -0.2) is 39.5 Å². The molecule has 0 radical (unpaired) electrons. The highest BCUT2D eigenvalue weighted by atomic mass is 32.2. The number of hydrogen-bond acceptors (Lipinski definition) is 5. The van der Waals surface area contributed by atoms with Gasteiger partial charge < -0.3 is 9.47 Å². The molecule has 0 aromatic heterocycles. The van der Waals surface area contributed by atoms with Crippen LogP contribution in [0.3, 0.4) is 0 Å². The van der Waals surface area contributed by atoms with Gasteiger partial charge in [0.05, 0.1) is 19.8 Å². The maximum atomic E-state index is 12.5. The quantitative estimate of drug-likeness (QED) is 0.574. The fraction of sp³-hybridized carbons (Fsp3) is 1.00. The zero-order chi connectivity index (χ0) is 16.5. The van der Waals surface area contributed by atoms with E-state index in [1.807, 2.05) is 0 Å². The van der Waals surface area contributed by atoms with Gasteiger partial charge in [0.2, 0.25) is 0 Å². The first kappa shape index (κ1) is 16.1. The van der Waals surface area contributed by atoms with Crippen LogP contribution in [0.4, 0.5) is 13.2 Å². The molecule has 0 amide bonds. The van der Waals surface area contributed by atoms with Crippen LogP contribution in [0.5, 0.6) is 0 Å². The Hall–Kier alpha value is -0.380. The Balaban J connectivity index is 1.53. The highest BCUT2D eigenvalue weighted by molar-refractivity contribution is 7.87. The van der Waals surface area contributed by atoms with Crippen LogP contribution in [0.25, 0.3) is 0 Å². The summed E-state index contributed by atoms with van der Waals surface area (Å²) in [5.74, 6) is 0.0357. The molecule has 0 N–H and O–H groups in total. The summed E-state index contributed by atoms with van der Waals surface area (Å²) in [5.41, 5.74) is -5.87. The number of halogens is 3. The Morgan fingerprint density at radius 3 is 2.13 bits per heavy atom. The minimum Gasteiger partial charge on any atom is -0.347 e. The van der Waals surface area contributed by atoms with Gasteiger partial charge in [0.1, 0.15) is 0 Å². The van der Waals surface area contributed by atoms with E-state index in [9.17, 15) is 21.6 Å².